The van der Waals surface area contributed by atoms with Crippen molar-refractivity contribution in [3.63, 3.8) is 0 Å². The fraction of sp³-hybridized carbons (Fsp3) is 0.750. The maximum Gasteiger partial charge on any atom is 0.119 e. The van der Waals surface area contributed by atoms with Gasteiger partial charge in [0, 0.05) is 12.6 Å². The van der Waals surface area contributed by atoms with E-state index in [9.17, 15) is 0 Å². The molecule has 1 aliphatic carbocycles. The molecule has 1 saturated heterocycles. The normalized spacial score (nSPS) is 27.1. The van der Waals surface area contributed by atoms with Gasteiger partial charge >= 0.3 is 0 Å². The number of ether oxygens (including phenoxy) is 1. The summed E-state index contributed by atoms with van der Waals surface area (Å²) in [5, 5.41) is 14.4. The molecule has 1 heterocycles. The van der Waals surface area contributed by atoms with Gasteiger partial charge in [-0.3, -0.25) is 0 Å². The van der Waals surface area contributed by atoms with E-state index in [2.05, 4.69) is 78.6 Å². The maximum atomic E-state index is 6.06. The molecule has 0 bridgehead atoms. The standard InChI is InChI=1S/C24H43N5O/c1-25-21-13-14-23(26-2,24(19-21,27-3)28-4)20-9-11-22(12-10-20)30-18-8-17-29-15-6-5-7-16-29/h9-12,21,25-28H,5-8,13-19H2,1-4H3/t21-,23+/m0/s1. The molecule has 6 heteroatoms. The summed E-state index contributed by atoms with van der Waals surface area (Å²) in [5.41, 5.74) is 0.880. The number of hydrogen-bond donors (Lipinski definition) is 4. The number of likely N-dealkylation sites (N-methyl/N-ethyl adjacent to an activating group) is 3. The predicted octanol–water partition coefficient (Wildman–Crippen LogP) is 2.26. The number of piperidine rings is 1. The highest BCUT2D eigenvalue weighted by atomic mass is 16.5. The first-order valence-corrected chi connectivity index (χ1v) is 11.8. The zero-order valence-corrected chi connectivity index (χ0v) is 19.5. The molecule has 0 amide bonds. The van der Waals surface area contributed by atoms with Crippen LogP contribution in [-0.2, 0) is 5.54 Å². The van der Waals surface area contributed by atoms with E-state index in [4.69, 9.17) is 4.74 Å². The fourth-order valence-electron chi connectivity index (χ4n) is 5.62. The highest BCUT2D eigenvalue weighted by Gasteiger charge is 2.53. The quantitative estimate of drug-likeness (QED) is 0.346. The lowest BCUT2D eigenvalue weighted by Crippen LogP contribution is -2.75. The van der Waals surface area contributed by atoms with Crippen molar-refractivity contribution in [2.24, 2.45) is 0 Å². The molecule has 0 unspecified atom stereocenters. The monoisotopic (exact) mass is 417 g/mol. The summed E-state index contributed by atoms with van der Waals surface area (Å²) >= 11 is 0. The minimum Gasteiger partial charge on any atom is -0.494 e. The fourth-order valence-corrected chi connectivity index (χ4v) is 5.62. The Morgan fingerprint density at radius 1 is 0.967 bits per heavy atom. The molecule has 1 aliphatic heterocycles. The van der Waals surface area contributed by atoms with E-state index in [1.54, 1.807) is 0 Å². The first-order chi connectivity index (χ1) is 14.6. The molecule has 2 aliphatic rings. The topological polar surface area (TPSA) is 60.6 Å². The molecule has 1 saturated carbocycles. The Bertz CT molecular complexity index is 627. The van der Waals surface area contributed by atoms with Gasteiger partial charge in [-0.15, -0.1) is 0 Å². The molecule has 30 heavy (non-hydrogen) atoms. The average molecular weight is 418 g/mol. The van der Waals surface area contributed by atoms with Crippen LogP contribution in [0.5, 0.6) is 5.75 Å². The molecule has 3 rings (SSSR count). The summed E-state index contributed by atoms with van der Waals surface area (Å²) in [4.78, 5) is 2.57. The van der Waals surface area contributed by atoms with E-state index in [-0.39, 0.29) is 11.2 Å². The molecular formula is C24H43N5O. The molecule has 0 spiro atoms. The van der Waals surface area contributed by atoms with Gasteiger partial charge < -0.3 is 30.9 Å². The number of nitrogens with zero attached hydrogens (tertiary/aromatic N) is 1. The zero-order chi connectivity index (χ0) is 21.5. The van der Waals surface area contributed by atoms with Crippen LogP contribution in [-0.4, -0.2) is 71.0 Å². The molecule has 170 valence electrons. The molecule has 2 atom stereocenters. The van der Waals surface area contributed by atoms with Crippen LogP contribution in [0, 0.1) is 0 Å². The van der Waals surface area contributed by atoms with Gasteiger partial charge in [0.25, 0.3) is 0 Å². The largest absolute Gasteiger partial charge is 0.494 e. The molecule has 2 fully saturated rings. The van der Waals surface area contributed by atoms with Crippen molar-refractivity contribution in [2.45, 2.75) is 62.2 Å². The van der Waals surface area contributed by atoms with E-state index < -0.39 is 0 Å². The average Bonchev–Trinajstić information content (AvgIpc) is 2.82. The van der Waals surface area contributed by atoms with Gasteiger partial charge in [0.15, 0.2) is 0 Å². The minimum atomic E-state index is -0.232. The number of hydrogen-bond acceptors (Lipinski definition) is 6. The highest BCUT2D eigenvalue weighted by Crippen LogP contribution is 2.43. The Labute approximate surface area is 183 Å². The number of rotatable bonds is 10. The van der Waals surface area contributed by atoms with Crippen molar-refractivity contribution in [3.05, 3.63) is 29.8 Å². The molecule has 4 N–H and O–H groups in total. The van der Waals surface area contributed by atoms with Gasteiger partial charge in [-0.1, -0.05) is 18.6 Å². The Balaban J connectivity index is 1.64. The summed E-state index contributed by atoms with van der Waals surface area (Å²) in [6.07, 6.45) is 8.38. The SMILES string of the molecule is CN[C@H]1CC[C@@](NC)(c2ccc(OCCCN3CCCCC3)cc2)C(NC)(NC)C1. The van der Waals surface area contributed by atoms with Gasteiger partial charge in [0.05, 0.1) is 17.8 Å². The predicted molar refractivity (Wildman–Crippen MR) is 125 cm³/mol. The van der Waals surface area contributed by atoms with Crippen molar-refractivity contribution in [3.8, 4) is 5.75 Å². The van der Waals surface area contributed by atoms with E-state index in [1.165, 1.54) is 37.9 Å². The molecule has 1 aromatic carbocycles. The van der Waals surface area contributed by atoms with Gasteiger partial charge in [0.1, 0.15) is 5.75 Å². The Kier molecular flexibility index (Phi) is 8.54. The smallest absolute Gasteiger partial charge is 0.119 e. The lowest BCUT2D eigenvalue weighted by molar-refractivity contribution is 0.0431. The molecular weight excluding hydrogens is 374 g/mol. The van der Waals surface area contributed by atoms with Crippen LogP contribution in [0.25, 0.3) is 0 Å². The number of benzene rings is 1. The van der Waals surface area contributed by atoms with Crippen molar-refractivity contribution < 1.29 is 4.74 Å². The van der Waals surface area contributed by atoms with E-state index >= 15 is 0 Å². The van der Waals surface area contributed by atoms with Crippen LogP contribution in [0.15, 0.2) is 24.3 Å². The minimum absolute atomic E-state index is 0.184. The first-order valence-electron chi connectivity index (χ1n) is 11.8. The van der Waals surface area contributed by atoms with Gasteiger partial charge in [-0.25, -0.2) is 0 Å². The van der Waals surface area contributed by atoms with Crippen LogP contribution in [0.1, 0.15) is 50.5 Å². The molecule has 6 nitrogen and oxygen atoms in total. The number of nitrogens with one attached hydrogen (secondary N) is 4. The van der Waals surface area contributed by atoms with Crippen LogP contribution in [0.3, 0.4) is 0 Å². The third-order valence-electron chi connectivity index (χ3n) is 7.52. The van der Waals surface area contributed by atoms with Gasteiger partial charge in [0.2, 0.25) is 0 Å². The molecule has 0 radical (unpaired) electrons. The first kappa shape index (κ1) is 23.5. The maximum absolute atomic E-state index is 6.06. The van der Waals surface area contributed by atoms with E-state index in [0.717, 1.165) is 44.6 Å². The van der Waals surface area contributed by atoms with Crippen molar-refractivity contribution in [1.82, 2.24) is 26.2 Å². The Morgan fingerprint density at radius 3 is 2.27 bits per heavy atom. The second kappa shape index (κ2) is 10.9. The van der Waals surface area contributed by atoms with E-state index in [0.29, 0.717) is 6.04 Å². The summed E-state index contributed by atoms with van der Waals surface area (Å²) in [5.74, 6) is 0.965. The summed E-state index contributed by atoms with van der Waals surface area (Å²) in [6, 6.07) is 9.23. The van der Waals surface area contributed by atoms with Gasteiger partial charge in [-0.2, -0.15) is 0 Å². The molecule has 0 aromatic heterocycles. The van der Waals surface area contributed by atoms with Gasteiger partial charge in [-0.05, 0) is 97.5 Å². The lowest BCUT2D eigenvalue weighted by atomic mass is 9.66. The van der Waals surface area contributed by atoms with Crippen molar-refractivity contribution in [1.29, 1.82) is 0 Å². The van der Waals surface area contributed by atoms with Crippen molar-refractivity contribution in [2.75, 3.05) is 54.4 Å². The summed E-state index contributed by atoms with van der Waals surface area (Å²) in [7, 11) is 8.25. The second-order valence-corrected chi connectivity index (χ2v) is 8.92. The third-order valence-corrected chi connectivity index (χ3v) is 7.52. The Morgan fingerprint density at radius 2 is 1.67 bits per heavy atom. The van der Waals surface area contributed by atoms with E-state index in [1.807, 2.05) is 0 Å². The Hall–Kier alpha value is -1.18. The molecule has 1 aromatic rings. The highest BCUT2D eigenvalue weighted by molar-refractivity contribution is 5.36. The van der Waals surface area contributed by atoms with Crippen LogP contribution < -0.4 is 26.0 Å². The zero-order valence-electron chi connectivity index (χ0n) is 19.5. The second-order valence-electron chi connectivity index (χ2n) is 8.92. The number of likely N-dealkylation sites (tertiary alicyclic amines) is 1. The van der Waals surface area contributed by atoms with Crippen LogP contribution >= 0.6 is 0 Å². The third kappa shape index (κ3) is 4.83. The summed E-state index contributed by atoms with van der Waals surface area (Å²) < 4.78 is 6.06. The lowest BCUT2D eigenvalue weighted by Gasteiger charge is -2.56. The van der Waals surface area contributed by atoms with Crippen LogP contribution in [0.4, 0.5) is 0 Å². The van der Waals surface area contributed by atoms with Crippen LogP contribution in [0.2, 0.25) is 0 Å². The summed E-state index contributed by atoms with van der Waals surface area (Å²) in [6.45, 7) is 4.45. The van der Waals surface area contributed by atoms with Crippen molar-refractivity contribution >= 4 is 0 Å².